The molecule has 3 nitrogen and oxygen atoms in total. The minimum atomic E-state index is -1.30. The van der Waals surface area contributed by atoms with Gasteiger partial charge in [0.2, 0.25) is 0 Å². The van der Waals surface area contributed by atoms with Gasteiger partial charge in [0.15, 0.2) is 0 Å². The summed E-state index contributed by atoms with van der Waals surface area (Å²) in [6, 6.07) is 6.85. The van der Waals surface area contributed by atoms with Crippen LogP contribution in [0.3, 0.4) is 0 Å². The van der Waals surface area contributed by atoms with Gasteiger partial charge in [-0.2, -0.15) is 0 Å². The predicted molar refractivity (Wildman–Crippen MR) is 49.5 cm³/mol. The molecular formula is C9H8ClNO2. The van der Waals surface area contributed by atoms with Crippen LogP contribution < -0.4 is 0 Å². The molecule has 0 spiro atoms. The Morgan fingerprint density at radius 2 is 2.08 bits per heavy atom. The third-order valence-electron chi connectivity index (χ3n) is 1.94. The van der Waals surface area contributed by atoms with E-state index in [-0.39, 0.29) is 0 Å². The molecule has 1 N–H and O–H groups in total. The first-order valence-electron chi connectivity index (χ1n) is 3.89. The van der Waals surface area contributed by atoms with Crippen molar-refractivity contribution in [1.29, 1.82) is 0 Å². The first-order chi connectivity index (χ1) is 6.21. The predicted octanol–water partition coefficient (Wildman–Crippen LogP) is 1.89. The Hall–Kier alpha value is -1.06. The molecule has 0 radical (unpaired) electrons. The summed E-state index contributed by atoms with van der Waals surface area (Å²) in [4.78, 5) is 4.85. The van der Waals surface area contributed by atoms with Gasteiger partial charge in [0.1, 0.15) is 0 Å². The molecule has 1 aliphatic rings. The van der Waals surface area contributed by atoms with E-state index in [1.165, 1.54) is 6.21 Å². The van der Waals surface area contributed by atoms with Gasteiger partial charge in [-0.05, 0) is 12.1 Å². The highest BCUT2D eigenvalue weighted by Crippen LogP contribution is 2.30. The fourth-order valence-electron chi connectivity index (χ4n) is 1.20. The van der Waals surface area contributed by atoms with Crippen molar-refractivity contribution in [3.8, 4) is 0 Å². The van der Waals surface area contributed by atoms with Crippen LogP contribution in [0.15, 0.2) is 29.4 Å². The van der Waals surface area contributed by atoms with Gasteiger partial charge in [0.25, 0.3) is 5.79 Å². The maximum absolute atomic E-state index is 9.86. The van der Waals surface area contributed by atoms with Crippen molar-refractivity contribution in [1.82, 2.24) is 0 Å². The molecule has 13 heavy (non-hydrogen) atoms. The second-order valence-electron chi connectivity index (χ2n) is 2.87. The smallest absolute Gasteiger partial charge is 0.265 e. The molecule has 1 atom stereocenters. The molecule has 1 aromatic rings. The van der Waals surface area contributed by atoms with Crippen molar-refractivity contribution in [3.05, 3.63) is 34.9 Å². The Bertz CT molecular complexity index is 326. The summed E-state index contributed by atoms with van der Waals surface area (Å²) in [7, 11) is 0. The molecule has 0 bridgehead atoms. The minimum Gasteiger partial charge on any atom is -0.355 e. The minimum absolute atomic E-state index is 0.370. The summed E-state index contributed by atoms with van der Waals surface area (Å²) >= 11 is 5.71. The number of halogens is 1. The summed E-state index contributed by atoms with van der Waals surface area (Å²) in [6.07, 6.45) is 1.91. The van der Waals surface area contributed by atoms with Crippen molar-refractivity contribution in [2.45, 2.75) is 12.2 Å². The van der Waals surface area contributed by atoms with Crippen LogP contribution in [-0.4, -0.2) is 11.3 Å². The van der Waals surface area contributed by atoms with E-state index in [4.69, 9.17) is 16.4 Å². The Labute approximate surface area is 80.6 Å². The van der Waals surface area contributed by atoms with Gasteiger partial charge in [-0.15, -0.1) is 0 Å². The molecule has 1 unspecified atom stereocenters. The topological polar surface area (TPSA) is 41.8 Å². The largest absolute Gasteiger partial charge is 0.355 e. The fourth-order valence-corrected chi connectivity index (χ4v) is 1.33. The molecule has 0 saturated heterocycles. The van der Waals surface area contributed by atoms with Crippen LogP contribution in [0.4, 0.5) is 0 Å². The van der Waals surface area contributed by atoms with Crippen LogP contribution >= 0.6 is 11.6 Å². The SMILES string of the molecule is OC1(c2ccc(Cl)cc2)CC=NO1. The standard InChI is InChI=1S/C9H8ClNO2/c10-8-3-1-7(2-4-8)9(12)5-6-11-13-9/h1-4,6,12H,5H2. The highest BCUT2D eigenvalue weighted by Gasteiger charge is 2.34. The lowest BCUT2D eigenvalue weighted by Crippen LogP contribution is -2.23. The third kappa shape index (κ3) is 1.53. The molecule has 1 aromatic carbocycles. The molecule has 0 amide bonds. The van der Waals surface area contributed by atoms with Crippen LogP contribution in [0.25, 0.3) is 0 Å². The quantitative estimate of drug-likeness (QED) is 0.747. The molecule has 0 saturated carbocycles. The van der Waals surface area contributed by atoms with E-state index in [0.29, 0.717) is 17.0 Å². The molecule has 2 rings (SSSR count). The van der Waals surface area contributed by atoms with Crippen LogP contribution in [-0.2, 0) is 10.6 Å². The van der Waals surface area contributed by atoms with E-state index in [0.717, 1.165) is 0 Å². The zero-order valence-electron chi connectivity index (χ0n) is 6.77. The van der Waals surface area contributed by atoms with Gasteiger partial charge in [-0.25, -0.2) is 0 Å². The first-order valence-corrected chi connectivity index (χ1v) is 4.27. The lowest BCUT2D eigenvalue weighted by Gasteiger charge is -2.19. The average molecular weight is 198 g/mol. The van der Waals surface area contributed by atoms with Crippen LogP contribution in [0.5, 0.6) is 0 Å². The Kier molecular flexibility index (Phi) is 1.98. The normalized spacial score (nSPS) is 26.0. The fraction of sp³-hybridized carbons (Fsp3) is 0.222. The number of hydrogen-bond acceptors (Lipinski definition) is 3. The van der Waals surface area contributed by atoms with Gasteiger partial charge in [-0.3, -0.25) is 0 Å². The van der Waals surface area contributed by atoms with E-state index in [1.54, 1.807) is 24.3 Å². The maximum Gasteiger partial charge on any atom is 0.265 e. The van der Waals surface area contributed by atoms with Gasteiger partial charge in [0, 0.05) is 10.6 Å². The van der Waals surface area contributed by atoms with Gasteiger partial charge in [0.05, 0.1) is 12.6 Å². The molecule has 0 aliphatic carbocycles. The lowest BCUT2D eigenvalue weighted by atomic mass is 10.0. The summed E-state index contributed by atoms with van der Waals surface area (Å²) in [5.74, 6) is -1.30. The van der Waals surface area contributed by atoms with Crippen LogP contribution in [0, 0.1) is 0 Å². The maximum atomic E-state index is 9.86. The molecule has 0 fully saturated rings. The Morgan fingerprint density at radius 3 is 2.62 bits per heavy atom. The second kappa shape index (κ2) is 3.01. The number of nitrogens with zero attached hydrogens (tertiary/aromatic N) is 1. The second-order valence-corrected chi connectivity index (χ2v) is 3.31. The van der Waals surface area contributed by atoms with Crippen molar-refractivity contribution in [2.75, 3.05) is 0 Å². The van der Waals surface area contributed by atoms with E-state index in [9.17, 15) is 5.11 Å². The van der Waals surface area contributed by atoms with Gasteiger partial charge < -0.3 is 9.94 Å². The monoisotopic (exact) mass is 197 g/mol. The Balaban J connectivity index is 2.30. The summed E-state index contributed by atoms with van der Waals surface area (Å²) in [6.45, 7) is 0. The van der Waals surface area contributed by atoms with Crippen molar-refractivity contribution < 1.29 is 9.94 Å². The van der Waals surface area contributed by atoms with Crippen molar-refractivity contribution >= 4 is 17.8 Å². The molecule has 68 valence electrons. The number of benzene rings is 1. The number of aliphatic hydroxyl groups is 1. The van der Waals surface area contributed by atoms with E-state index in [2.05, 4.69) is 5.16 Å². The van der Waals surface area contributed by atoms with Crippen molar-refractivity contribution in [3.63, 3.8) is 0 Å². The zero-order valence-corrected chi connectivity index (χ0v) is 7.53. The van der Waals surface area contributed by atoms with E-state index >= 15 is 0 Å². The molecule has 1 heterocycles. The summed E-state index contributed by atoms with van der Waals surface area (Å²) < 4.78 is 0. The van der Waals surface area contributed by atoms with Crippen LogP contribution in [0.1, 0.15) is 12.0 Å². The van der Waals surface area contributed by atoms with E-state index in [1.807, 2.05) is 0 Å². The number of oxime groups is 1. The van der Waals surface area contributed by atoms with Gasteiger partial charge in [-0.1, -0.05) is 28.9 Å². The molecule has 1 aliphatic heterocycles. The first kappa shape index (κ1) is 8.53. The van der Waals surface area contributed by atoms with Gasteiger partial charge >= 0.3 is 0 Å². The van der Waals surface area contributed by atoms with E-state index < -0.39 is 5.79 Å². The number of hydrogen-bond donors (Lipinski definition) is 1. The third-order valence-corrected chi connectivity index (χ3v) is 2.19. The highest BCUT2D eigenvalue weighted by molar-refractivity contribution is 6.30. The van der Waals surface area contributed by atoms with Crippen molar-refractivity contribution in [2.24, 2.45) is 5.16 Å². The van der Waals surface area contributed by atoms with Crippen LogP contribution in [0.2, 0.25) is 5.02 Å². The summed E-state index contributed by atoms with van der Waals surface area (Å²) in [5, 5.41) is 14.0. The molecule has 0 aromatic heterocycles. The number of rotatable bonds is 1. The zero-order chi connectivity index (χ0) is 9.31. The molecular weight excluding hydrogens is 190 g/mol. The average Bonchev–Trinajstić information content (AvgIpc) is 2.54. The summed E-state index contributed by atoms with van der Waals surface area (Å²) in [5.41, 5.74) is 0.661. The lowest BCUT2D eigenvalue weighted by molar-refractivity contribution is -0.193. The highest BCUT2D eigenvalue weighted by atomic mass is 35.5. The molecule has 4 heteroatoms. The Morgan fingerprint density at radius 1 is 1.38 bits per heavy atom.